The molecule has 0 saturated heterocycles. The van der Waals surface area contributed by atoms with E-state index < -0.39 is 0 Å². The van der Waals surface area contributed by atoms with Crippen molar-refractivity contribution in [2.75, 3.05) is 7.05 Å². The topological polar surface area (TPSA) is 32.6 Å². The first-order chi connectivity index (χ1) is 17.5. The predicted molar refractivity (Wildman–Crippen MR) is 157 cm³/mol. The SMILES string of the molecule is CCCC(C)(Pc1ccccc1/C=N/C)c1cc(Cc2ccccc2)cc(Cc2ccccc2)c1O. The molecule has 0 aliphatic heterocycles. The van der Waals surface area contributed by atoms with Crippen LogP contribution in [0.2, 0.25) is 0 Å². The van der Waals surface area contributed by atoms with Gasteiger partial charge in [0, 0.05) is 30.4 Å². The van der Waals surface area contributed by atoms with Crippen molar-refractivity contribution in [3.05, 3.63) is 130 Å². The highest BCUT2D eigenvalue weighted by molar-refractivity contribution is 7.48. The number of phenolic OH excluding ortho intramolecular Hbond substituents is 1. The van der Waals surface area contributed by atoms with Crippen molar-refractivity contribution in [3.63, 3.8) is 0 Å². The molecule has 0 radical (unpaired) electrons. The lowest BCUT2D eigenvalue weighted by molar-refractivity contribution is 0.447. The van der Waals surface area contributed by atoms with Gasteiger partial charge in [0.2, 0.25) is 0 Å². The Hall–Kier alpha value is -3.22. The highest BCUT2D eigenvalue weighted by Gasteiger charge is 2.31. The summed E-state index contributed by atoms with van der Waals surface area (Å²) < 4.78 is 0. The van der Waals surface area contributed by atoms with Gasteiger partial charge in [-0.2, -0.15) is 0 Å². The number of hydrogen-bond donors (Lipinski definition) is 1. The molecule has 0 fully saturated rings. The fourth-order valence-corrected chi connectivity index (χ4v) is 6.76. The third-order valence-electron chi connectivity index (χ3n) is 6.72. The van der Waals surface area contributed by atoms with Crippen molar-refractivity contribution in [1.29, 1.82) is 0 Å². The van der Waals surface area contributed by atoms with Crippen molar-refractivity contribution in [3.8, 4) is 5.75 Å². The fourth-order valence-electron chi connectivity index (χ4n) is 4.99. The van der Waals surface area contributed by atoms with Gasteiger partial charge >= 0.3 is 0 Å². The average Bonchev–Trinajstić information content (AvgIpc) is 2.88. The maximum atomic E-state index is 11.7. The summed E-state index contributed by atoms with van der Waals surface area (Å²) in [6.45, 7) is 4.56. The van der Waals surface area contributed by atoms with E-state index in [9.17, 15) is 5.11 Å². The molecule has 0 aromatic heterocycles. The second kappa shape index (κ2) is 12.2. The van der Waals surface area contributed by atoms with E-state index in [4.69, 9.17) is 0 Å². The van der Waals surface area contributed by atoms with Crippen LogP contribution in [0.1, 0.15) is 60.1 Å². The van der Waals surface area contributed by atoms with Gasteiger partial charge in [-0.25, -0.2) is 0 Å². The van der Waals surface area contributed by atoms with Crippen LogP contribution >= 0.6 is 8.58 Å². The number of benzene rings is 4. The maximum Gasteiger partial charge on any atom is 0.123 e. The van der Waals surface area contributed by atoms with Gasteiger partial charge in [-0.3, -0.25) is 4.99 Å². The Morgan fingerprint density at radius 1 is 0.806 bits per heavy atom. The summed E-state index contributed by atoms with van der Waals surface area (Å²) >= 11 is 0. The highest BCUT2D eigenvalue weighted by Crippen LogP contribution is 2.49. The second-order valence-electron chi connectivity index (χ2n) is 9.66. The molecule has 0 amide bonds. The van der Waals surface area contributed by atoms with E-state index >= 15 is 0 Å². The fraction of sp³-hybridized carbons (Fsp3) is 0.242. The molecule has 4 rings (SSSR count). The van der Waals surface area contributed by atoms with Crippen LogP contribution in [-0.4, -0.2) is 18.4 Å². The van der Waals surface area contributed by atoms with E-state index in [0.29, 0.717) is 20.8 Å². The highest BCUT2D eigenvalue weighted by atomic mass is 31.1. The standard InChI is InChI=1S/C33H36NOP/c1-4-19-33(2,36-31-18-12-11-17-28(31)24-34-3)30-23-27(20-25-13-7-5-8-14-25)22-29(32(30)35)21-26-15-9-6-10-16-26/h5-18,22-24,35-36H,4,19-21H2,1-3H3/b34-24+. The Kier molecular flexibility index (Phi) is 8.73. The van der Waals surface area contributed by atoms with Gasteiger partial charge in [-0.05, 0) is 46.0 Å². The van der Waals surface area contributed by atoms with Gasteiger partial charge in [0.15, 0.2) is 0 Å². The molecule has 0 saturated carbocycles. The van der Waals surface area contributed by atoms with Crippen LogP contribution < -0.4 is 5.30 Å². The summed E-state index contributed by atoms with van der Waals surface area (Å²) in [6, 6.07) is 34.0. The summed E-state index contributed by atoms with van der Waals surface area (Å²) in [5, 5.41) is 12.8. The lowest BCUT2D eigenvalue weighted by Crippen LogP contribution is -2.22. The van der Waals surface area contributed by atoms with E-state index in [1.807, 2.05) is 19.3 Å². The van der Waals surface area contributed by atoms with E-state index in [1.54, 1.807) is 0 Å². The molecule has 4 aromatic rings. The molecular weight excluding hydrogens is 457 g/mol. The van der Waals surface area contributed by atoms with Crippen molar-refractivity contribution in [1.82, 2.24) is 0 Å². The van der Waals surface area contributed by atoms with Gasteiger partial charge in [-0.15, -0.1) is 0 Å². The summed E-state index contributed by atoms with van der Waals surface area (Å²) in [4.78, 5) is 4.28. The van der Waals surface area contributed by atoms with Crippen LogP contribution in [0.25, 0.3) is 0 Å². The van der Waals surface area contributed by atoms with Gasteiger partial charge in [0.05, 0.1) is 0 Å². The zero-order valence-corrected chi connectivity index (χ0v) is 22.5. The monoisotopic (exact) mass is 493 g/mol. The Labute approximate surface area is 217 Å². The van der Waals surface area contributed by atoms with Crippen molar-refractivity contribution in [2.45, 2.75) is 44.7 Å². The molecule has 36 heavy (non-hydrogen) atoms. The van der Waals surface area contributed by atoms with Crippen molar-refractivity contribution >= 4 is 20.1 Å². The largest absolute Gasteiger partial charge is 0.507 e. The lowest BCUT2D eigenvalue weighted by atomic mass is 9.88. The number of hydrogen-bond acceptors (Lipinski definition) is 2. The third kappa shape index (κ3) is 6.31. The molecule has 2 atom stereocenters. The molecule has 0 bridgehead atoms. The van der Waals surface area contributed by atoms with Crippen LogP contribution in [0.15, 0.2) is 102 Å². The van der Waals surface area contributed by atoms with E-state index in [-0.39, 0.29) is 5.16 Å². The van der Waals surface area contributed by atoms with Crippen molar-refractivity contribution in [2.24, 2.45) is 4.99 Å². The van der Waals surface area contributed by atoms with Crippen LogP contribution in [0.4, 0.5) is 0 Å². The zero-order chi connectivity index (χ0) is 25.4. The molecule has 0 spiro atoms. The van der Waals surface area contributed by atoms with Gasteiger partial charge in [-0.1, -0.05) is 126 Å². The molecule has 2 nitrogen and oxygen atoms in total. The van der Waals surface area contributed by atoms with Crippen LogP contribution in [0.3, 0.4) is 0 Å². The molecule has 2 unspecified atom stereocenters. The summed E-state index contributed by atoms with van der Waals surface area (Å²) in [5.74, 6) is 0.445. The lowest BCUT2D eigenvalue weighted by Gasteiger charge is -2.33. The Balaban J connectivity index is 1.82. The first kappa shape index (κ1) is 25.9. The van der Waals surface area contributed by atoms with Crippen molar-refractivity contribution < 1.29 is 5.11 Å². The summed E-state index contributed by atoms with van der Waals surface area (Å²) in [7, 11) is 2.33. The Morgan fingerprint density at radius 3 is 2.06 bits per heavy atom. The quantitative estimate of drug-likeness (QED) is 0.179. The maximum absolute atomic E-state index is 11.7. The minimum absolute atomic E-state index is 0.186. The molecule has 0 heterocycles. The molecule has 0 aliphatic carbocycles. The Morgan fingerprint density at radius 2 is 1.42 bits per heavy atom. The molecule has 1 N–H and O–H groups in total. The van der Waals surface area contributed by atoms with E-state index in [2.05, 4.69) is 110 Å². The molecule has 184 valence electrons. The van der Waals surface area contributed by atoms with Gasteiger partial charge in [0.1, 0.15) is 5.75 Å². The number of rotatable bonds is 10. The summed E-state index contributed by atoms with van der Waals surface area (Å²) in [6.07, 6.45) is 5.55. The Bertz CT molecular complexity index is 1300. The number of aliphatic imine (C=N–C) groups is 1. The molecule has 3 heteroatoms. The van der Waals surface area contributed by atoms with E-state index in [1.165, 1.54) is 22.0 Å². The van der Waals surface area contributed by atoms with Gasteiger partial charge in [0.25, 0.3) is 0 Å². The number of aromatic hydroxyl groups is 1. The molecule has 4 aromatic carbocycles. The molecule has 0 aliphatic rings. The average molecular weight is 494 g/mol. The van der Waals surface area contributed by atoms with Crippen LogP contribution in [0, 0.1) is 0 Å². The van der Waals surface area contributed by atoms with Crippen LogP contribution in [0.5, 0.6) is 5.75 Å². The zero-order valence-electron chi connectivity index (χ0n) is 21.5. The minimum atomic E-state index is -0.186. The van der Waals surface area contributed by atoms with Gasteiger partial charge < -0.3 is 5.11 Å². The van der Waals surface area contributed by atoms with Crippen LogP contribution in [-0.2, 0) is 18.0 Å². The normalized spacial score (nSPS) is 13.4. The van der Waals surface area contributed by atoms with E-state index in [0.717, 1.165) is 36.0 Å². The predicted octanol–water partition coefficient (Wildman–Crippen LogP) is 7.64. The number of phenols is 1. The molecular formula is C33H36NOP. The summed E-state index contributed by atoms with van der Waals surface area (Å²) in [5.41, 5.74) is 6.95. The number of nitrogens with zero attached hydrogens (tertiary/aromatic N) is 1. The second-order valence-corrected chi connectivity index (χ2v) is 11.5. The first-order valence-corrected chi connectivity index (χ1v) is 13.7. The smallest absolute Gasteiger partial charge is 0.123 e. The minimum Gasteiger partial charge on any atom is -0.507 e. The first-order valence-electron chi connectivity index (χ1n) is 12.7. The third-order valence-corrected chi connectivity index (χ3v) is 8.52.